The van der Waals surface area contributed by atoms with E-state index in [1.807, 2.05) is 60.7 Å². The molecule has 0 bridgehead atoms. The summed E-state index contributed by atoms with van der Waals surface area (Å²) in [5, 5.41) is 1.45. The maximum atomic E-state index is 11.7. The van der Waals surface area contributed by atoms with Gasteiger partial charge in [0.1, 0.15) is 16.8 Å². The van der Waals surface area contributed by atoms with Gasteiger partial charge in [0.25, 0.3) is 5.91 Å². The molecule has 1 atom stereocenters. The van der Waals surface area contributed by atoms with E-state index in [0.717, 1.165) is 11.1 Å². The average Bonchev–Trinajstić information content (AvgIpc) is 2.53. The Kier molecular flexibility index (Phi) is 5.82. The van der Waals surface area contributed by atoms with Crippen molar-refractivity contribution in [3.63, 3.8) is 0 Å². The number of amides is 1. The van der Waals surface area contributed by atoms with Crippen molar-refractivity contribution in [1.82, 2.24) is 4.72 Å². The van der Waals surface area contributed by atoms with Gasteiger partial charge in [0, 0.05) is 6.08 Å². The van der Waals surface area contributed by atoms with E-state index in [2.05, 4.69) is 4.72 Å². The van der Waals surface area contributed by atoms with Crippen LogP contribution in [0.2, 0.25) is 0 Å². The second-order valence-electron chi connectivity index (χ2n) is 4.22. The van der Waals surface area contributed by atoms with Gasteiger partial charge in [-0.1, -0.05) is 60.7 Å². The quantitative estimate of drug-likeness (QED) is 0.681. The highest BCUT2D eigenvalue weighted by Crippen LogP contribution is 2.03. The summed E-state index contributed by atoms with van der Waals surface area (Å²) in [6, 6.07) is 18.9. The molecule has 2 rings (SSSR count). The SMILES string of the molecule is O=C(/C=C/c1ccccc1)N[S+]([O-])/C=C\c1ccccc1. The fourth-order valence-electron chi connectivity index (χ4n) is 1.61. The standard InChI is InChI=1S/C17H15NO2S/c19-17(12-11-15-7-3-1-4-8-15)18-21(20)14-13-16-9-5-2-6-10-16/h1-14H,(H,18,19)/b12-11+,14-13-. The lowest BCUT2D eigenvalue weighted by molar-refractivity contribution is -0.114. The third-order valence-corrected chi connectivity index (χ3v) is 3.40. The van der Waals surface area contributed by atoms with Gasteiger partial charge in [-0.2, -0.15) is 4.72 Å². The van der Waals surface area contributed by atoms with Gasteiger partial charge in [0.15, 0.2) is 0 Å². The second kappa shape index (κ2) is 8.09. The first-order chi connectivity index (χ1) is 10.2. The van der Waals surface area contributed by atoms with Crippen molar-refractivity contribution in [1.29, 1.82) is 0 Å². The Bertz CT molecular complexity index is 624. The first-order valence-electron chi connectivity index (χ1n) is 6.41. The van der Waals surface area contributed by atoms with Crippen molar-refractivity contribution in [2.75, 3.05) is 0 Å². The largest absolute Gasteiger partial charge is 0.588 e. The van der Waals surface area contributed by atoms with E-state index in [4.69, 9.17) is 0 Å². The van der Waals surface area contributed by atoms with Crippen molar-refractivity contribution >= 4 is 29.4 Å². The zero-order valence-corrected chi connectivity index (χ0v) is 12.1. The monoisotopic (exact) mass is 297 g/mol. The Morgan fingerprint density at radius 2 is 1.43 bits per heavy atom. The lowest BCUT2D eigenvalue weighted by Gasteiger charge is -2.03. The number of carbonyl (C=O) groups excluding carboxylic acids is 1. The van der Waals surface area contributed by atoms with E-state index in [-0.39, 0.29) is 0 Å². The number of benzene rings is 2. The van der Waals surface area contributed by atoms with Crippen LogP contribution in [0.3, 0.4) is 0 Å². The predicted molar refractivity (Wildman–Crippen MR) is 87.2 cm³/mol. The highest BCUT2D eigenvalue weighted by Gasteiger charge is 2.05. The Balaban J connectivity index is 1.85. The summed E-state index contributed by atoms with van der Waals surface area (Å²) in [6.07, 6.45) is 4.74. The normalized spacial score (nSPS) is 12.6. The van der Waals surface area contributed by atoms with E-state index < -0.39 is 17.3 Å². The molecule has 0 saturated carbocycles. The molecule has 0 spiro atoms. The number of hydrogen-bond donors (Lipinski definition) is 1. The third kappa shape index (κ3) is 5.69. The van der Waals surface area contributed by atoms with Gasteiger partial charge >= 0.3 is 0 Å². The van der Waals surface area contributed by atoms with Gasteiger partial charge in [-0.15, -0.1) is 0 Å². The maximum absolute atomic E-state index is 11.7. The van der Waals surface area contributed by atoms with Gasteiger partial charge in [0.2, 0.25) is 0 Å². The summed E-state index contributed by atoms with van der Waals surface area (Å²) in [5.74, 6) is -0.394. The zero-order chi connectivity index (χ0) is 14.9. The van der Waals surface area contributed by atoms with Crippen LogP contribution >= 0.6 is 0 Å². The minimum Gasteiger partial charge on any atom is -0.588 e. The lowest BCUT2D eigenvalue weighted by Crippen LogP contribution is -2.26. The molecular formula is C17H15NO2S. The fraction of sp³-hybridized carbons (Fsp3) is 0. The molecule has 4 heteroatoms. The van der Waals surface area contributed by atoms with Crippen molar-refractivity contribution in [3.8, 4) is 0 Å². The highest BCUT2D eigenvalue weighted by atomic mass is 32.2. The number of carbonyl (C=O) groups is 1. The molecule has 2 aromatic carbocycles. The van der Waals surface area contributed by atoms with Crippen LogP contribution in [-0.2, 0) is 16.2 Å². The Hall–Kier alpha value is -2.30. The van der Waals surface area contributed by atoms with E-state index >= 15 is 0 Å². The molecule has 0 radical (unpaired) electrons. The summed E-state index contributed by atoms with van der Waals surface area (Å²) >= 11 is -1.54. The molecule has 0 fully saturated rings. The van der Waals surface area contributed by atoms with Gasteiger partial charge in [-0.05, 0) is 23.3 Å². The molecule has 2 aromatic rings. The second-order valence-corrected chi connectivity index (χ2v) is 5.29. The van der Waals surface area contributed by atoms with E-state index in [1.54, 1.807) is 12.2 Å². The van der Waals surface area contributed by atoms with Crippen molar-refractivity contribution in [3.05, 3.63) is 83.3 Å². The molecule has 106 valence electrons. The summed E-state index contributed by atoms with van der Waals surface area (Å²) in [7, 11) is 0. The van der Waals surface area contributed by atoms with Crippen LogP contribution in [0.15, 0.2) is 72.1 Å². The van der Waals surface area contributed by atoms with Crippen molar-refractivity contribution in [2.45, 2.75) is 0 Å². The summed E-state index contributed by atoms with van der Waals surface area (Å²) in [6.45, 7) is 0. The Morgan fingerprint density at radius 3 is 2.00 bits per heavy atom. The molecule has 0 aliphatic rings. The summed E-state index contributed by atoms with van der Waals surface area (Å²) in [5.41, 5.74) is 1.85. The molecule has 0 aliphatic carbocycles. The predicted octanol–water partition coefficient (Wildman–Crippen LogP) is 3.15. The average molecular weight is 297 g/mol. The topological polar surface area (TPSA) is 52.2 Å². The zero-order valence-electron chi connectivity index (χ0n) is 11.3. The number of hydrogen-bond acceptors (Lipinski definition) is 2. The van der Waals surface area contributed by atoms with Crippen LogP contribution in [0, 0.1) is 0 Å². The van der Waals surface area contributed by atoms with Gasteiger partial charge in [-0.3, -0.25) is 4.79 Å². The fourth-order valence-corrected chi connectivity index (χ4v) is 2.22. The molecule has 1 unspecified atom stereocenters. The van der Waals surface area contributed by atoms with Gasteiger partial charge < -0.3 is 4.55 Å². The summed E-state index contributed by atoms with van der Waals surface area (Å²) in [4.78, 5) is 11.6. The Morgan fingerprint density at radius 1 is 0.905 bits per heavy atom. The van der Waals surface area contributed by atoms with Gasteiger partial charge in [0.05, 0.1) is 0 Å². The van der Waals surface area contributed by atoms with Crippen LogP contribution in [0.1, 0.15) is 11.1 Å². The van der Waals surface area contributed by atoms with E-state index in [1.165, 1.54) is 11.5 Å². The molecule has 0 saturated heterocycles. The maximum Gasteiger partial charge on any atom is 0.285 e. The number of nitrogens with one attached hydrogen (secondary N) is 1. The smallest absolute Gasteiger partial charge is 0.285 e. The summed E-state index contributed by atoms with van der Waals surface area (Å²) < 4.78 is 14.1. The number of rotatable bonds is 5. The molecule has 0 heterocycles. The molecule has 1 N–H and O–H groups in total. The van der Waals surface area contributed by atoms with Crippen LogP contribution < -0.4 is 4.72 Å². The minimum absolute atomic E-state index is 0.394. The molecular weight excluding hydrogens is 282 g/mol. The van der Waals surface area contributed by atoms with E-state index in [9.17, 15) is 9.35 Å². The van der Waals surface area contributed by atoms with Crippen LogP contribution in [0.25, 0.3) is 12.2 Å². The van der Waals surface area contributed by atoms with Crippen LogP contribution in [-0.4, -0.2) is 10.5 Å². The molecule has 1 amide bonds. The molecule has 0 aliphatic heterocycles. The first-order valence-corrected chi connectivity index (χ1v) is 7.63. The van der Waals surface area contributed by atoms with Crippen molar-refractivity contribution < 1.29 is 9.35 Å². The van der Waals surface area contributed by atoms with E-state index in [0.29, 0.717) is 0 Å². The minimum atomic E-state index is -1.54. The molecule has 3 nitrogen and oxygen atoms in total. The third-order valence-electron chi connectivity index (χ3n) is 2.61. The van der Waals surface area contributed by atoms with Crippen LogP contribution in [0.4, 0.5) is 0 Å². The van der Waals surface area contributed by atoms with Crippen LogP contribution in [0.5, 0.6) is 0 Å². The van der Waals surface area contributed by atoms with Crippen molar-refractivity contribution in [2.24, 2.45) is 0 Å². The molecule has 21 heavy (non-hydrogen) atoms. The highest BCUT2D eigenvalue weighted by molar-refractivity contribution is 7.93. The molecule has 0 aromatic heterocycles. The Labute approximate surface area is 127 Å². The lowest BCUT2D eigenvalue weighted by atomic mass is 10.2. The first kappa shape index (κ1) is 15.1. The van der Waals surface area contributed by atoms with Gasteiger partial charge in [-0.25, -0.2) is 0 Å².